The number of rotatable bonds is 8. The third-order valence-corrected chi connectivity index (χ3v) is 7.09. The van der Waals surface area contributed by atoms with Crippen molar-refractivity contribution < 1.29 is 36.4 Å². The van der Waals surface area contributed by atoms with Crippen molar-refractivity contribution in [2.75, 3.05) is 0 Å². The maximum atomic E-state index is 14.5. The molecule has 0 saturated carbocycles. The van der Waals surface area contributed by atoms with E-state index in [1.54, 1.807) is 36.4 Å². The van der Waals surface area contributed by atoms with Gasteiger partial charge in [0.1, 0.15) is 5.82 Å². The molecule has 0 radical (unpaired) electrons. The molecule has 6 nitrogen and oxygen atoms in total. The van der Waals surface area contributed by atoms with Crippen molar-refractivity contribution in [3.8, 4) is 0 Å². The largest absolute Gasteiger partial charge is 0.428 e. The Balaban J connectivity index is 1.38. The Kier molecular flexibility index (Phi) is 8.61. The number of carbonyl (C=O) groups excluding carboxylic acids is 1. The van der Waals surface area contributed by atoms with Crippen molar-refractivity contribution in [2.45, 2.75) is 18.4 Å². The molecule has 0 bridgehead atoms. The van der Waals surface area contributed by atoms with E-state index in [0.29, 0.717) is 21.9 Å². The van der Waals surface area contributed by atoms with Crippen LogP contribution in [0.4, 0.5) is 22.0 Å². The third-order valence-electron chi connectivity index (χ3n) is 6.54. The van der Waals surface area contributed by atoms with Gasteiger partial charge in [-0.05, 0) is 52.7 Å². The molecule has 1 aliphatic heterocycles. The summed E-state index contributed by atoms with van der Waals surface area (Å²) in [7, 11) is 0. The van der Waals surface area contributed by atoms with E-state index in [4.69, 9.17) is 32.9 Å². The van der Waals surface area contributed by atoms with Crippen LogP contribution < -0.4 is 16.3 Å². The summed E-state index contributed by atoms with van der Waals surface area (Å²) in [5, 5.41) is 2.28. The van der Waals surface area contributed by atoms with Crippen LogP contribution in [-0.4, -0.2) is 12.1 Å². The molecule has 1 heterocycles. The lowest BCUT2D eigenvalue weighted by molar-refractivity contribution is -0.269. The van der Waals surface area contributed by atoms with Gasteiger partial charge in [0.25, 0.3) is 5.91 Å². The first-order valence-corrected chi connectivity index (χ1v) is 13.2. The molecule has 3 N–H and O–H groups in total. The van der Waals surface area contributed by atoms with Crippen molar-refractivity contribution in [1.82, 2.24) is 16.3 Å². The van der Waals surface area contributed by atoms with Gasteiger partial charge in [0.05, 0.1) is 22.3 Å². The number of halogens is 7. The Bertz CT molecular complexity index is 1740. The van der Waals surface area contributed by atoms with E-state index < -0.39 is 44.9 Å². The normalized spacial score (nSPS) is 16.8. The van der Waals surface area contributed by atoms with Crippen LogP contribution in [0.3, 0.4) is 0 Å². The van der Waals surface area contributed by atoms with Gasteiger partial charge in [0.2, 0.25) is 5.60 Å². The van der Waals surface area contributed by atoms with Gasteiger partial charge >= 0.3 is 6.18 Å². The minimum absolute atomic E-state index is 0.0448. The molecule has 0 fully saturated rings. The standard InChI is InChI=1S/C30H20Cl2F5N3O3/c31-24-13-18(14-25(32)27(24)34)29(30(35,36)37)15-26(40-43-29)22-8-9-23(21-7-2-1-6-20(21)22)28(41)38-10-11-39-42-16-17-4-3-5-19(33)12-17/h1-15,39-40H,16H2,(H,38,41). The highest BCUT2D eigenvalue weighted by Crippen LogP contribution is 2.49. The fourth-order valence-corrected chi connectivity index (χ4v) is 4.99. The monoisotopic (exact) mass is 635 g/mol. The zero-order chi connectivity index (χ0) is 30.8. The van der Waals surface area contributed by atoms with Crippen molar-refractivity contribution in [3.05, 3.63) is 135 Å². The van der Waals surface area contributed by atoms with Crippen LogP contribution in [0, 0.1) is 11.6 Å². The fourth-order valence-electron chi connectivity index (χ4n) is 4.51. The number of fused-ring (bicyclic) bond motifs is 1. The van der Waals surface area contributed by atoms with E-state index >= 15 is 0 Å². The molecule has 1 atom stereocenters. The van der Waals surface area contributed by atoms with Crippen LogP contribution in [0.15, 0.2) is 91.3 Å². The molecule has 0 aromatic heterocycles. The molecule has 5 rings (SSSR count). The molecule has 0 saturated heterocycles. The van der Waals surface area contributed by atoms with Crippen molar-refractivity contribution >= 4 is 45.6 Å². The molecular formula is C30H20Cl2F5N3O3. The third kappa shape index (κ3) is 6.16. The van der Waals surface area contributed by atoms with Gasteiger partial charge in [-0.2, -0.15) is 13.2 Å². The maximum Gasteiger partial charge on any atom is 0.428 e. The number of benzene rings is 4. The van der Waals surface area contributed by atoms with Gasteiger partial charge in [-0.25, -0.2) is 8.78 Å². The summed E-state index contributed by atoms with van der Waals surface area (Å²) < 4.78 is 70.6. The lowest BCUT2D eigenvalue weighted by atomic mass is 9.90. The molecule has 4 aromatic rings. The van der Waals surface area contributed by atoms with E-state index in [1.165, 1.54) is 36.7 Å². The average molecular weight is 636 g/mol. The number of alkyl halides is 3. The van der Waals surface area contributed by atoms with Crippen molar-refractivity contribution in [1.29, 1.82) is 0 Å². The van der Waals surface area contributed by atoms with Gasteiger partial charge in [-0.1, -0.05) is 65.7 Å². The molecule has 222 valence electrons. The Labute approximate surface area is 251 Å². The highest BCUT2D eigenvalue weighted by molar-refractivity contribution is 6.35. The Morgan fingerprint density at radius 3 is 2.37 bits per heavy atom. The van der Waals surface area contributed by atoms with Crippen LogP contribution >= 0.6 is 23.2 Å². The summed E-state index contributed by atoms with van der Waals surface area (Å²) in [5.41, 5.74) is 2.39. The van der Waals surface area contributed by atoms with Gasteiger partial charge in [-0.15, -0.1) is 0 Å². The van der Waals surface area contributed by atoms with E-state index in [9.17, 15) is 26.7 Å². The van der Waals surface area contributed by atoms with Crippen LogP contribution in [-0.2, 0) is 21.9 Å². The van der Waals surface area contributed by atoms with E-state index in [1.807, 2.05) is 0 Å². The summed E-state index contributed by atoms with van der Waals surface area (Å²) in [6, 6.07) is 17.0. The van der Waals surface area contributed by atoms with Crippen LogP contribution in [0.1, 0.15) is 27.0 Å². The molecule has 1 aliphatic rings. The van der Waals surface area contributed by atoms with E-state index in [0.717, 1.165) is 18.2 Å². The Hall–Kier alpha value is -4.16. The van der Waals surface area contributed by atoms with E-state index in [2.05, 4.69) is 16.3 Å². The fraction of sp³-hybridized carbons (Fsp3) is 0.100. The zero-order valence-corrected chi connectivity index (χ0v) is 23.2. The summed E-state index contributed by atoms with van der Waals surface area (Å²) >= 11 is 11.6. The predicted molar refractivity (Wildman–Crippen MR) is 151 cm³/mol. The molecule has 1 unspecified atom stereocenters. The first kappa shape index (κ1) is 30.3. The smallest absolute Gasteiger partial charge is 0.327 e. The second-order valence-corrected chi connectivity index (χ2v) is 10.1. The van der Waals surface area contributed by atoms with Gasteiger partial charge in [0, 0.05) is 29.1 Å². The average Bonchev–Trinajstić information content (AvgIpc) is 3.44. The van der Waals surface area contributed by atoms with E-state index in [-0.39, 0.29) is 17.9 Å². The van der Waals surface area contributed by atoms with Gasteiger partial charge in [-0.3, -0.25) is 25.4 Å². The number of carbonyl (C=O) groups is 1. The minimum Gasteiger partial charge on any atom is -0.327 e. The first-order valence-electron chi connectivity index (χ1n) is 12.5. The molecule has 0 spiro atoms. The molecule has 1 amide bonds. The lowest BCUT2D eigenvalue weighted by Crippen LogP contribution is -2.42. The Morgan fingerprint density at radius 1 is 0.953 bits per heavy atom. The summed E-state index contributed by atoms with van der Waals surface area (Å²) in [5.74, 6) is -1.95. The minimum atomic E-state index is -5.00. The second-order valence-electron chi connectivity index (χ2n) is 9.30. The molecule has 4 aromatic carbocycles. The Morgan fingerprint density at radius 2 is 1.67 bits per heavy atom. The topological polar surface area (TPSA) is 71.6 Å². The van der Waals surface area contributed by atoms with Gasteiger partial charge in [0.15, 0.2) is 5.82 Å². The number of hydrogen-bond acceptors (Lipinski definition) is 5. The summed E-state index contributed by atoms with van der Waals surface area (Å²) in [6.45, 7) is 0.0760. The number of nitrogens with one attached hydrogen (secondary N) is 3. The van der Waals surface area contributed by atoms with Crippen LogP contribution in [0.5, 0.6) is 0 Å². The lowest BCUT2D eigenvalue weighted by Gasteiger charge is -2.28. The summed E-state index contributed by atoms with van der Waals surface area (Å²) in [6.07, 6.45) is -1.57. The molecular weight excluding hydrogens is 616 g/mol. The quantitative estimate of drug-likeness (QED) is 0.0802. The number of hydroxylamine groups is 2. The van der Waals surface area contributed by atoms with Crippen LogP contribution in [0.2, 0.25) is 10.0 Å². The van der Waals surface area contributed by atoms with Crippen LogP contribution in [0.25, 0.3) is 16.5 Å². The second kappa shape index (κ2) is 12.2. The first-order chi connectivity index (χ1) is 20.5. The predicted octanol–water partition coefficient (Wildman–Crippen LogP) is 7.68. The highest BCUT2D eigenvalue weighted by atomic mass is 35.5. The molecule has 13 heteroatoms. The van der Waals surface area contributed by atoms with Gasteiger partial charge < -0.3 is 5.32 Å². The molecule has 43 heavy (non-hydrogen) atoms. The summed E-state index contributed by atoms with van der Waals surface area (Å²) in [4.78, 5) is 23.3. The van der Waals surface area contributed by atoms with Crippen molar-refractivity contribution in [3.63, 3.8) is 0 Å². The zero-order valence-electron chi connectivity index (χ0n) is 21.7. The number of hydrogen-bond donors (Lipinski definition) is 3. The SMILES string of the molecule is O=C(NC=CNOCc1cccc(F)c1)c1ccc(C2=CC(c3cc(Cl)c(F)c(Cl)c3)(C(F)(F)F)ON2)c2ccccc12. The maximum absolute atomic E-state index is 14.5. The number of amides is 1. The highest BCUT2D eigenvalue weighted by Gasteiger charge is 2.60. The molecule has 0 aliphatic carbocycles. The van der Waals surface area contributed by atoms with Crippen molar-refractivity contribution in [2.24, 2.45) is 0 Å².